The van der Waals surface area contributed by atoms with Crippen LogP contribution in [0, 0.1) is 10.1 Å². The number of rotatable bonds is 7. The maximum Gasteiger partial charge on any atom is 0.325 e. The molecule has 0 spiro atoms. The van der Waals surface area contributed by atoms with Crippen LogP contribution in [0.2, 0.25) is 0 Å². The fourth-order valence-corrected chi connectivity index (χ4v) is 2.01. The number of nitrogens with one attached hydrogen (secondary N) is 1. The molecule has 0 bridgehead atoms. The minimum absolute atomic E-state index is 0.0207. The van der Waals surface area contributed by atoms with Gasteiger partial charge in [0, 0.05) is 30.5 Å². The molecular weight excluding hydrogens is 316 g/mol. The zero-order valence-electron chi connectivity index (χ0n) is 13.0. The van der Waals surface area contributed by atoms with Gasteiger partial charge in [0.25, 0.3) is 5.69 Å². The van der Waals surface area contributed by atoms with Gasteiger partial charge in [0.1, 0.15) is 18.1 Å². The zero-order valence-corrected chi connectivity index (χ0v) is 13.0. The maximum absolute atomic E-state index is 11.6. The predicted molar refractivity (Wildman–Crippen MR) is 84.1 cm³/mol. The van der Waals surface area contributed by atoms with Crippen LogP contribution in [-0.4, -0.2) is 30.5 Å². The molecule has 1 amide bonds. The van der Waals surface area contributed by atoms with Crippen LogP contribution in [0.25, 0.3) is 11.3 Å². The Kier molecular flexibility index (Phi) is 5.67. The summed E-state index contributed by atoms with van der Waals surface area (Å²) in [6.45, 7) is -0.174. The van der Waals surface area contributed by atoms with E-state index in [9.17, 15) is 19.7 Å². The van der Waals surface area contributed by atoms with Crippen molar-refractivity contribution < 1.29 is 23.7 Å². The van der Waals surface area contributed by atoms with Crippen LogP contribution in [0.4, 0.5) is 5.69 Å². The number of ether oxygens (including phenoxy) is 1. The fourth-order valence-electron chi connectivity index (χ4n) is 2.01. The Morgan fingerprint density at radius 3 is 2.79 bits per heavy atom. The van der Waals surface area contributed by atoms with Crippen LogP contribution in [-0.2, 0) is 20.7 Å². The molecule has 1 aromatic carbocycles. The number of aryl methyl sites for hydroxylation is 1. The van der Waals surface area contributed by atoms with Gasteiger partial charge in [-0.25, -0.2) is 0 Å². The first-order valence-electron chi connectivity index (χ1n) is 7.16. The van der Waals surface area contributed by atoms with Gasteiger partial charge in [0.2, 0.25) is 5.91 Å². The summed E-state index contributed by atoms with van der Waals surface area (Å²) in [7, 11) is 1.24. The molecule has 24 heavy (non-hydrogen) atoms. The van der Waals surface area contributed by atoms with E-state index in [0.29, 0.717) is 23.5 Å². The van der Waals surface area contributed by atoms with Gasteiger partial charge < -0.3 is 14.5 Å². The minimum atomic E-state index is -0.519. The van der Waals surface area contributed by atoms with Crippen molar-refractivity contribution in [2.24, 2.45) is 0 Å². The number of hydrogen-bond donors (Lipinski definition) is 1. The molecule has 1 aromatic heterocycles. The molecule has 0 fully saturated rings. The van der Waals surface area contributed by atoms with Gasteiger partial charge in [0.05, 0.1) is 12.0 Å². The third-order valence-corrected chi connectivity index (χ3v) is 3.26. The molecule has 0 aliphatic carbocycles. The summed E-state index contributed by atoms with van der Waals surface area (Å²) in [6.07, 6.45) is 0.501. The number of esters is 1. The number of amides is 1. The van der Waals surface area contributed by atoms with E-state index < -0.39 is 10.9 Å². The molecule has 8 nitrogen and oxygen atoms in total. The molecular formula is C16H16N2O6. The summed E-state index contributed by atoms with van der Waals surface area (Å²) in [5.74, 6) is 0.247. The Balaban J connectivity index is 1.94. The predicted octanol–water partition coefficient (Wildman–Crippen LogP) is 2.08. The number of carbonyl (C=O) groups is 2. The van der Waals surface area contributed by atoms with Gasteiger partial charge in [-0.05, 0) is 12.1 Å². The molecule has 0 aliphatic heterocycles. The Morgan fingerprint density at radius 2 is 2.08 bits per heavy atom. The molecule has 0 atom stereocenters. The molecule has 8 heteroatoms. The van der Waals surface area contributed by atoms with Crippen LogP contribution in [0.5, 0.6) is 0 Å². The van der Waals surface area contributed by atoms with Gasteiger partial charge in [-0.3, -0.25) is 19.7 Å². The first kappa shape index (κ1) is 17.2. The zero-order chi connectivity index (χ0) is 17.5. The fraction of sp³-hybridized carbons (Fsp3) is 0.250. The van der Waals surface area contributed by atoms with Crippen molar-refractivity contribution in [1.29, 1.82) is 0 Å². The lowest BCUT2D eigenvalue weighted by atomic mass is 10.1. The lowest BCUT2D eigenvalue weighted by Crippen LogP contribution is -2.30. The van der Waals surface area contributed by atoms with E-state index >= 15 is 0 Å². The Bertz CT molecular complexity index is 753. The van der Waals surface area contributed by atoms with Crippen molar-refractivity contribution >= 4 is 17.6 Å². The second-order valence-electron chi connectivity index (χ2n) is 4.93. The molecule has 0 radical (unpaired) electrons. The Labute approximate surface area is 137 Å². The van der Waals surface area contributed by atoms with Crippen molar-refractivity contribution in [1.82, 2.24) is 5.32 Å². The summed E-state index contributed by atoms with van der Waals surface area (Å²) < 4.78 is 10.0. The van der Waals surface area contributed by atoms with Crippen LogP contribution in [0.3, 0.4) is 0 Å². The summed E-state index contributed by atoms with van der Waals surface area (Å²) in [5.41, 5.74) is 0.568. The van der Waals surface area contributed by atoms with Crippen molar-refractivity contribution in [3.8, 4) is 11.3 Å². The van der Waals surface area contributed by atoms with E-state index in [-0.39, 0.29) is 24.6 Å². The summed E-state index contributed by atoms with van der Waals surface area (Å²) in [4.78, 5) is 32.8. The average molecular weight is 332 g/mol. The summed E-state index contributed by atoms with van der Waals surface area (Å²) >= 11 is 0. The molecule has 1 N–H and O–H groups in total. The van der Waals surface area contributed by atoms with Crippen molar-refractivity contribution in [2.75, 3.05) is 13.7 Å². The Hall–Kier alpha value is -3.16. The summed E-state index contributed by atoms with van der Waals surface area (Å²) in [5, 5.41) is 13.2. The van der Waals surface area contributed by atoms with Crippen LogP contribution in [0.15, 0.2) is 40.8 Å². The summed E-state index contributed by atoms with van der Waals surface area (Å²) in [6, 6.07) is 9.52. The average Bonchev–Trinajstić information content (AvgIpc) is 3.07. The number of nitro benzene ring substituents is 1. The van der Waals surface area contributed by atoms with Gasteiger partial charge in [0.15, 0.2) is 0 Å². The van der Waals surface area contributed by atoms with Crippen molar-refractivity contribution in [3.05, 3.63) is 52.3 Å². The molecule has 2 rings (SSSR count). The van der Waals surface area contributed by atoms with E-state index in [0.717, 1.165) is 0 Å². The van der Waals surface area contributed by atoms with Crippen molar-refractivity contribution in [3.63, 3.8) is 0 Å². The number of hydrogen-bond acceptors (Lipinski definition) is 6. The minimum Gasteiger partial charge on any atom is -0.468 e. The van der Waals surface area contributed by atoms with Crippen LogP contribution < -0.4 is 5.32 Å². The number of furan rings is 1. The van der Waals surface area contributed by atoms with Crippen molar-refractivity contribution in [2.45, 2.75) is 12.8 Å². The standard InChI is InChI=1S/C16H16N2O6/c1-23-16(20)10-17-15(19)8-6-13-5-7-14(24-13)11-3-2-4-12(9-11)18(21)22/h2-5,7,9H,6,8,10H2,1H3,(H,17,19). The Morgan fingerprint density at radius 1 is 1.29 bits per heavy atom. The second kappa shape index (κ2) is 7.91. The molecule has 0 aliphatic rings. The number of benzene rings is 1. The van der Waals surface area contributed by atoms with Gasteiger partial charge >= 0.3 is 5.97 Å². The normalized spacial score (nSPS) is 10.2. The third-order valence-electron chi connectivity index (χ3n) is 3.26. The maximum atomic E-state index is 11.6. The van der Waals surface area contributed by atoms with E-state index in [1.807, 2.05) is 0 Å². The number of non-ortho nitro benzene ring substituents is 1. The number of methoxy groups -OCH3 is 1. The SMILES string of the molecule is COC(=O)CNC(=O)CCc1ccc(-c2cccc([N+](=O)[O-])c2)o1. The van der Waals surface area contributed by atoms with E-state index in [4.69, 9.17) is 4.42 Å². The number of carbonyl (C=O) groups excluding carboxylic acids is 2. The van der Waals surface area contributed by atoms with E-state index in [1.54, 1.807) is 24.3 Å². The molecule has 0 unspecified atom stereocenters. The third kappa shape index (κ3) is 4.67. The highest BCUT2D eigenvalue weighted by Crippen LogP contribution is 2.26. The van der Waals surface area contributed by atoms with E-state index in [2.05, 4.69) is 10.1 Å². The quantitative estimate of drug-likeness (QED) is 0.472. The number of nitrogens with zero attached hydrogens (tertiary/aromatic N) is 1. The lowest BCUT2D eigenvalue weighted by molar-refractivity contribution is -0.384. The van der Waals surface area contributed by atoms with Crippen LogP contribution in [0.1, 0.15) is 12.2 Å². The number of nitro groups is 1. The molecule has 2 aromatic rings. The van der Waals surface area contributed by atoms with Gasteiger partial charge in [-0.2, -0.15) is 0 Å². The topological polar surface area (TPSA) is 112 Å². The highest BCUT2D eigenvalue weighted by atomic mass is 16.6. The van der Waals surface area contributed by atoms with E-state index in [1.165, 1.54) is 19.2 Å². The molecule has 1 heterocycles. The highest BCUT2D eigenvalue weighted by Gasteiger charge is 2.11. The molecule has 126 valence electrons. The second-order valence-corrected chi connectivity index (χ2v) is 4.93. The lowest BCUT2D eigenvalue weighted by Gasteiger charge is -2.02. The molecule has 0 saturated carbocycles. The van der Waals surface area contributed by atoms with Crippen LogP contribution >= 0.6 is 0 Å². The van der Waals surface area contributed by atoms with Gasteiger partial charge in [-0.1, -0.05) is 12.1 Å². The largest absolute Gasteiger partial charge is 0.468 e. The first-order valence-corrected chi connectivity index (χ1v) is 7.16. The first-order chi connectivity index (χ1) is 11.5. The van der Waals surface area contributed by atoms with Gasteiger partial charge in [-0.15, -0.1) is 0 Å². The monoisotopic (exact) mass is 332 g/mol. The highest BCUT2D eigenvalue weighted by molar-refractivity contribution is 5.81. The smallest absolute Gasteiger partial charge is 0.325 e. The molecule has 0 saturated heterocycles.